The summed E-state index contributed by atoms with van der Waals surface area (Å²) >= 11 is 5.81. The summed E-state index contributed by atoms with van der Waals surface area (Å²) in [6.45, 7) is 6.18. The van der Waals surface area contributed by atoms with E-state index in [1.54, 1.807) is 16.6 Å². The maximum absolute atomic E-state index is 5.81. The summed E-state index contributed by atoms with van der Waals surface area (Å²) in [5.41, 5.74) is 0.635. The Kier molecular flexibility index (Phi) is 1.96. The molecule has 0 radical (unpaired) electrons. The number of fused-ring (bicyclic) bond motifs is 1. The molecule has 0 aliphatic carbocycles. The van der Waals surface area contributed by atoms with Crippen molar-refractivity contribution < 1.29 is 0 Å². The SMILES string of the molecule is CC(C)(C)c1nnc2ccc(Cl)nn12. The van der Waals surface area contributed by atoms with Crippen molar-refractivity contribution >= 4 is 17.2 Å². The fourth-order valence-corrected chi connectivity index (χ4v) is 1.37. The molecule has 0 unspecified atom stereocenters. The van der Waals surface area contributed by atoms with Gasteiger partial charge in [-0.3, -0.25) is 0 Å². The van der Waals surface area contributed by atoms with Gasteiger partial charge in [-0.15, -0.1) is 10.2 Å². The third-order valence-corrected chi connectivity index (χ3v) is 2.10. The summed E-state index contributed by atoms with van der Waals surface area (Å²) in [4.78, 5) is 0. The molecule has 2 aromatic heterocycles. The van der Waals surface area contributed by atoms with E-state index < -0.39 is 0 Å². The second kappa shape index (κ2) is 2.92. The molecule has 5 heteroatoms. The minimum atomic E-state index is -0.0862. The molecule has 2 rings (SSSR count). The first-order chi connectivity index (χ1) is 6.48. The van der Waals surface area contributed by atoms with Crippen molar-refractivity contribution in [1.29, 1.82) is 0 Å². The van der Waals surface area contributed by atoms with Gasteiger partial charge in [0.15, 0.2) is 11.5 Å². The van der Waals surface area contributed by atoms with Gasteiger partial charge in [0.2, 0.25) is 0 Å². The zero-order chi connectivity index (χ0) is 10.3. The minimum absolute atomic E-state index is 0.0862. The van der Waals surface area contributed by atoms with Gasteiger partial charge < -0.3 is 0 Å². The van der Waals surface area contributed by atoms with E-state index in [1.807, 2.05) is 0 Å². The molecule has 0 atom stereocenters. The lowest BCUT2D eigenvalue weighted by Crippen LogP contribution is -2.17. The number of aromatic nitrogens is 4. The Morgan fingerprint density at radius 1 is 1.21 bits per heavy atom. The van der Waals surface area contributed by atoms with Crippen molar-refractivity contribution in [2.24, 2.45) is 0 Å². The first-order valence-electron chi connectivity index (χ1n) is 4.37. The highest BCUT2D eigenvalue weighted by atomic mass is 35.5. The van der Waals surface area contributed by atoms with Gasteiger partial charge in [0.1, 0.15) is 5.15 Å². The summed E-state index contributed by atoms with van der Waals surface area (Å²) in [6.07, 6.45) is 0. The van der Waals surface area contributed by atoms with E-state index in [-0.39, 0.29) is 5.41 Å². The van der Waals surface area contributed by atoms with Crippen molar-refractivity contribution in [3.8, 4) is 0 Å². The van der Waals surface area contributed by atoms with Crippen LogP contribution in [0.4, 0.5) is 0 Å². The van der Waals surface area contributed by atoms with Crippen LogP contribution in [0.3, 0.4) is 0 Å². The van der Waals surface area contributed by atoms with E-state index in [0.717, 1.165) is 11.5 Å². The molecule has 0 aromatic carbocycles. The molecule has 0 saturated heterocycles. The fourth-order valence-electron chi connectivity index (χ4n) is 1.23. The lowest BCUT2D eigenvalue weighted by atomic mass is 9.96. The molecule has 0 aliphatic heterocycles. The van der Waals surface area contributed by atoms with Crippen LogP contribution in [-0.4, -0.2) is 19.8 Å². The van der Waals surface area contributed by atoms with Gasteiger partial charge in [-0.2, -0.15) is 9.61 Å². The molecule has 0 aliphatic rings. The second-order valence-electron chi connectivity index (χ2n) is 4.20. The summed E-state index contributed by atoms with van der Waals surface area (Å²) in [5, 5.41) is 12.7. The highest BCUT2D eigenvalue weighted by Gasteiger charge is 2.21. The molecule has 2 heterocycles. The van der Waals surface area contributed by atoms with E-state index in [0.29, 0.717) is 5.15 Å². The fraction of sp³-hybridized carbons (Fsp3) is 0.444. The van der Waals surface area contributed by atoms with Crippen molar-refractivity contribution in [3.63, 3.8) is 0 Å². The molecule has 0 fully saturated rings. The Balaban J connectivity index is 2.73. The van der Waals surface area contributed by atoms with E-state index in [4.69, 9.17) is 11.6 Å². The molecule has 0 spiro atoms. The Labute approximate surface area is 86.9 Å². The van der Waals surface area contributed by atoms with Crippen LogP contribution in [0.1, 0.15) is 26.6 Å². The van der Waals surface area contributed by atoms with E-state index in [2.05, 4.69) is 36.1 Å². The number of hydrogen-bond acceptors (Lipinski definition) is 3. The first-order valence-corrected chi connectivity index (χ1v) is 4.75. The molecule has 4 nitrogen and oxygen atoms in total. The van der Waals surface area contributed by atoms with Gasteiger partial charge in [0.05, 0.1) is 0 Å². The molecule has 0 bridgehead atoms. The van der Waals surface area contributed by atoms with Gasteiger partial charge in [-0.1, -0.05) is 32.4 Å². The maximum atomic E-state index is 5.81. The Morgan fingerprint density at radius 3 is 2.57 bits per heavy atom. The third kappa shape index (κ3) is 1.46. The lowest BCUT2D eigenvalue weighted by molar-refractivity contribution is 0.526. The maximum Gasteiger partial charge on any atom is 0.178 e. The van der Waals surface area contributed by atoms with Crippen molar-refractivity contribution in [1.82, 2.24) is 19.8 Å². The zero-order valence-corrected chi connectivity index (χ0v) is 9.08. The van der Waals surface area contributed by atoms with Gasteiger partial charge in [0.25, 0.3) is 0 Å². The quantitative estimate of drug-likeness (QED) is 0.669. The summed E-state index contributed by atoms with van der Waals surface area (Å²) < 4.78 is 1.68. The van der Waals surface area contributed by atoms with E-state index >= 15 is 0 Å². The Morgan fingerprint density at radius 2 is 1.93 bits per heavy atom. The standard InChI is InChI=1S/C9H11ClN4/c1-9(2,3)8-12-11-7-5-4-6(10)13-14(7)8/h4-5H,1-3H3. The van der Waals surface area contributed by atoms with Gasteiger partial charge in [0, 0.05) is 5.41 Å². The molecular weight excluding hydrogens is 200 g/mol. The molecule has 14 heavy (non-hydrogen) atoms. The average Bonchev–Trinajstić information content (AvgIpc) is 2.45. The monoisotopic (exact) mass is 210 g/mol. The van der Waals surface area contributed by atoms with Crippen molar-refractivity contribution in [3.05, 3.63) is 23.1 Å². The number of rotatable bonds is 0. The van der Waals surface area contributed by atoms with Crippen LogP contribution < -0.4 is 0 Å². The largest absolute Gasteiger partial charge is 0.195 e. The number of hydrogen-bond donors (Lipinski definition) is 0. The van der Waals surface area contributed by atoms with Crippen molar-refractivity contribution in [2.75, 3.05) is 0 Å². The second-order valence-corrected chi connectivity index (χ2v) is 4.59. The van der Waals surface area contributed by atoms with Crippen LogP contribution in [0.15, 0.2) is 12.1 Å². The Hall–Kier alpha value is -1.16. The predicted molar refractivity (Wildman–Crippen MR) is 54.5 cm³/mol. The Bertz CT molecular complexity index is 469. The normalized spacial score (nSPS) is 12.3. The highest BCUT2D eigenvalue weighted by Crippen LogP contribution is 2.20. The van der Waals surface area contributed by atoms with Crippen LogP contribution in [0.2, 0.25) is 5.15 Å². The van der Waals surface area contributed by atoms with E-state index in [9.17, 15) is 0 Å². The summed E-state index contributed by atoms with van der Waals surface area (Å²) in [5.74, 6) is 0.815. The summed E-state index contributed by atoms with van der Waals surface area (Å²) in [7, 11) is 0. The molecule has 2 aromatic rings. The van der Waals surface area contributed by atoms with Crippen LogP contribution >= 0.6 is 11.6 Å². The number of halogens is 1. The topological polar surface area (TPSA) is 43.1 Å². The van der Waals surface area contributed by atoms with Crippen LogP contribution in [-0.2, 0) is 5.41 Å². The molecule has 0 saturated carbocycles. The minimum Gasteiger partial charge on any atom is -0.195 e. The third-order valence-electron chi connectivity index (χ3n) is 1.90. The molecular formula is C9H11ClN4. The van der Waals surface area contributed by atoms with Crippen LogP contribution in [0, 0.1) is 0 Å². The van der Waals surface area contributed by atoms with Gasteiger partial charge in [-0.25, -0.2) is 0 Å². The van der Waals surface area contributed by atoms with Gasteiger partial charge >= 0.3 is 0 Å². The summed E-state index contributed by atoms with van der Waals surface area (Å²) in [6, 6.07) is 3.51. The van der Waals surface area contributed by atoms with Crippen LogP contribution in [0.5, 0.6) is 0 Å². The number of nitrogens with zero attached hydrogens (tertiary/aromatic N) is 4. The smallest absolute Gasteiger partial charge is 0.178 e. The van der Waals surface area contributed by atoms with Crippen molar-refractivity contribution in [2.45, 2.75) is 26.2 Å². The average molecular weight is 211 g/mol. The molecule has 0 amide bonds. The lowest BCUT2D eigenvalue weighted by Gasteiger charge is -2.14. The molecule has 74 valence electrons. The van der Waals surface area contributed by atoms with Crippen LogP contribution in [0.25, 0.3) is 5.65 Å². The molecule has 0 N–H and O–H groups in total. The van der Waals surface area contributed by atoms with E-state index in [1.165, 1.54) is 0 Å². The predicted octanol–water partition coefficient (Wildman–Crippen LogP) is 2.08. The zero-order valence-electron chi connectivity index (χ0n) is 8.32. The van der Waals surface area contributed by atoms with Gasteiger partial charge in [-0.05, 0) is 12.1 Å². The highest BCUT2D eigenvalue weighted by molar-refractivity contribution is 6.29. The first kappa shape index (κ1) is 9.40.